The van der Waals surface area contributed by atoms with Gasteiger partial charge < -0.3 is 0 Å². The fourth-order valence-corrected chi connectivity index (χ4v) is 3.61. The maximum Gasteiger partial charge on any atom is 0.178 e. The molecule has 0 atom stereocenters. The van der Waals surface area contributed by atoms with Crippen molar-refractivity contribution < 1.29 is 13.2 Å². The van der Waals surface area contributed by atoms with E-state index in [9.17, 15) is 13.2 Å². The normalized spacial score (nSPS) is 11.3. The monoisotopic (exact) mass is 380 g/mol. The largest absolute Gasteiger partial charge is 0.294 e. The lowest BCUT2D eigenvalue weighted by Gasteiger charge is -2.06. The number of ketones is 1. The van der Waals surface area contributed by atoms with Crippen LogP contribution in [0.4, 0.5) is 0 Å². The molecule has 1 aromatic carbocycles. The Kier molecular flexibility index (Phi) is 5.46. The molecule has 138 valence electrons. The maximum absolute atomic E-state index is 12.6. The van der Waals surface area contributed by atoms with Crippen LogP contribution >= 0.6 is 0 Å². The smallest absolute Gasteiger partial charge is 0.178 e. The summed E-state index contributed by atoms with van der Waals surface area (Å²) >= 11 is 0. The summed E-state index contributed by atoms with van der Waals surface area (Å²) in [7, 11) is -3.24. The number of aryl methyl sites for hydroxylation is 1. The Morgan fingerprint density at radius 3 is 2.44 bits per heavy atom. The van der Waals surface area contributed by atoms with E-state index in [1.807, 2.05) is 25.1 Å². The van der Waals surface area contributed by atoms with Gasteiger partial charge in [0.15, 0.2) is 15.6 Å². The van der Waals surface area contributed by atoms with Crippen LogP contribution in [-0.4, -0.2) is 29.9 Å². The van der Waals surface area contributed by atoms with Crippen molar-refractivity contribution in [3.63, 3.8) is 0 Å². The molecule has 5 nitrogen and oxygen atoms in total. The van der Waals surface area contributed by atoms with Gasteiger partial charge in [-0.3, -0.25) is 14.8 Å². The Morgan fingerprint density at radius 1 is 1.04 bits per heavy atom. The highest BCUT2D eigenvalue weighted by molar-refractivity contribution is 7.91. The third-order valence-corrected chi connectivity index (χ3v) is 6.01. The van der Waals surface area contributed by atoms with Crippen molar-refractivity contribution in [1.82, 2.24) is 9.97 Å². The Hall–Kier alpha value is -2.86. The molecule has 3 aromatic rings. The van der Waals surface area contributed by atoms with Crippen molar-refractivity contribution in [3.05, 3.63) is 77.7 Å². The predicted molar refractivity (Wildman–Crippen MR) is 104 cm³/mol. The molecular formula is C21H20N2O3S. The number of rotatable bonds is 6. The molecule has 6 heteroatoms. The van der Waals surface area contributed by atoms with E-state index in [0.717, 1.165) is 17.0 Å². The summed E-state index contributed by atoms with van der Waals surface area (Å²) in [6, 6.07) is 15.6. The van der Waals surface area contributed by atoms with Crippen LogP contribution in [-0.2, 0) is 16.3 Å². The van der Waals surface area contributed by atoms with Crippen LogP contribution in [0.2, 0.25) is 0 Å². The number of hydrogen-bond acceptors (Lipinski definition) is 5. The molecule has 0 fully saturated rings. The van der Waals surface area contributed by atoms with Crippen molar-refractivity contribution in [2.45, 2.75) is 25.2 Å². The summed E-state index contributed by atoms with van der Waals surface area (Å²) < 4.78 is 23.8. The van der Waals surface area contributed by atoms with E-state index >= 15 is 0 Å². The van der Waals surface area contributed by atoms with E-state index in [-0.39, 0.29) is 22.9 Å². The third kappa shape index (κ3) is 4.46. The second-order valence-electron chi connectivity index (χ2n) is 6.23. The van der Waals surface area contributed by atoms with Crippen LogP contribution in [0.3, 0.4) is 0 Å². The van der Waals surface area contributed by atoms with Gasteiger partial charge in [0.2, 0.25) is 0 Å². The van der Waals surface area contributed by atoms with Crippen LogP contribution in [0.1, 0.15) is 28.7 Å². The lowest BCUT2D eigenvalue weighted by molar-refractivity contribution is 0.0992. The molecule has 0 aliphatic carbocycles. The number of benzene rings is 1. The first-order valence-corrected chi connectivity index (χ1v) is 10.3. The second-order valence-corrected chi connectivity index (χ2v) is 8.51. The first-order chi connectivity index (χ1) is 12.9. The third-order valence-electron chi connectivity index (χ3n) is 4.26. The van der Waals surface area contributed by atoms with E-state index in [1.54, 1.807) is 49.5 Å². The van der Waals surface area contributed by atoms with Gasteiger partial charge in [-0.2, -0.15) is 0 Å². The Morgan fingerprint density at radius 2 is 1.78 bits per heavy atom. The molecule has 0 amide bonds. The summed E-state index contributed by atoms with van der Waals surface area (Å²) in [5.41, 5.74) is 3.53. The quantitative estimate of drug-likeness (QED) is 0.610. The molecule has 0 aliphatic heterocycles. The van der Waals surface area contributed by atoms with Gasteiger partial charge in [-0.05, 0) is 43.3 Å². The number of carbonyl (C=O) groups excluding carboxylic acids is 1. The molecule has 0 saturated carbocycles. The van der Waals surface area contributed by atoms with Gasteiger partial charge in [-0.1, -0.05) is 25.1 Å². The number of Topliss-reactive ketones (excluding diaryl/α,β-unsaturated/α-hetero) is 1. The van der Waals surface area contributed by atoms with Crippen LogP contribution in [0.15, 0.2) is 65.7 Å². The molecule has 2 aromatic heterocycles. The van der Waals surface area contributed by atoms with Crippen molar-refractivity contribution in [2.75, 3.05) is 5.75 Å². The molecule has 0 saturated heterocycles. The fraction of sp³-hybridized carbons (Fsp3) is 0.190. The van der Waals surface area contributed by atoms with E-state index in [0.29, 0.717) is 11.3 Å². The van der Waals surface area contributed by atoms with Crippen molar-refractivity contribution in [2.24, 2.45) is 0 Å². The highest BCUT2D eigenvalue weighted by Crippen LogP contribution is 2.21. The fourth-order valence-electron chi connectivity index (χ4n) is 2.73. The zero-order valence-electron chi connectivity index (χ0n) is 15.2. The SMILES string of the molecule is CCS(=O)(=O)c1ccc(-c2cc(C(=O)Cc3cccc(C)n3)ccn2)cc1. The minimum atomic E-state index is -3.24. The zero-order valence-corrected chi connectivity index (χ0v) is 16.0. The summed E-state index contributed by atoms with van der Waals surface area (Å²) in [5, 5.41) is 0. The van der Waals surface area contributed by atoms with Crippen LogP contribution in [0.5, 0.6) is 0 Å². The molecule has 0 radical (unpaired) electrons. The number of carbonyl (C=O) groups is 1. The first kappa shape index (κ1) is 18.9. The lowest BCUT2D eigenvalue weighted by Crippen LogP contribution is -2.06. The number of pyridine rings is 2. The topological polar surface area (TPSA) is 77.0 Å². The van der Waals surface area contributed by atoms with Crippen molar-refractivity contribution >= 4 is 15.6 Å². The summed E-state index contributed by atoms with van der Waals surface area (Å²) in [6.07, 6.45) is 1.81. The average Bonchev–Trinajstić information content (AvgIpc) is 2.68. The minimum Gasteiger partial charge on any atom is -0.294 e. The van der Waals surface area contributed by atoms with Crippen LogP contribution in [0.25, 0.3) is 11.3 Å². The standard InChI is InChI=1S/C21H20N2O3S/c1-3-27(25,26)19-9-7-16(8-10-19)20-13-17(11-12-22-20)21(24)14-18-6-4-5-15(2)23-18/h4-13H,3,14H2,1-2H3. The molecular weight excluding hydrogens is 360 g/mol. The van der Waals surface area contributed by atoms with Gasteiger partial charge in [0.05, 0.1) is 22.8 Å². The van der Waals surface area contributed by atoms with Crippen LogP contribution in [0, 0.1) is 6.92 Å². The van der Waals surface area contributed by atoms with Gasteiger partial charge in [-0.25, -0.2) is 8.42 Å². The molecule has 0 bridgehead atoms. The minimum absolute atomic E-state index is 0.0399. The Bertz CT molecular complexity index is 1070. The predicted octanol–water partition coefficient (Wildman–Crippen LogP) is 3.67. The van der Waals surface area contributed by atoms with Crippen LogP contribution < -0.4 is 0 Å². The number of nitrogens with zero attached hydrogens (tertiary/aromatic N) is 2. The first-order valence-electron chi connectivity index (χ1n) is 8.64. The van der Waals surface area contributed by atoms with Crippen molar-refractivity contribution in [1.29, 1.82) is 0 Å². The maximum atomic E-state index is 12.6. The van der Waals surface area contributed by atoms with Gasteiger partial charge in [0.1, 0.15) is 0 Å². The summed E-state index contributed by atoms with van der Waals surface area (Å²) in [6.45, 7) is 3.50. The molecule has 0 aliphatic rings. The van der Waals surface area contributed by atoms with E-state index in [1.165, 1.54) is 0 Å². The van der Waals surface area contributed by atoms with Gasteiger partial charge in [0.25, 0.3) is 0 Å². The summed E-state index contributed by atoms with van der Waals surface area (Å²) in [4.78, 5) is 21.5. The Balaban J connectivity index is 1.84. The number of sulfone groups is 1. The Labute approximate surface area is 159 Å². The van der Waals surface area contributed by atoms with E-state index < -0.39 is 9.84 Å². The number of hydrogen-bond donors (Lipinski definition) is 0. The van der Waals surface area contributed by atoms with Gasteiger partial charge in [-0.15, -0.1) is 0 Å². The molecule has 0 N–H and O–H groups in total. The van der Waals surface area contributed by atoms with E-state index in [2.05, 4.69) is 9.97 Å². The molecule has 0 spiro atoms. The molecule has 2 heterocycles. The lowest BCUT2D eigenvalue weighted by atomic mass is 10.0. The molecule has 3 rings (SSSR count). The van der Waals surface area contributed by atoms with E-state index in [4.69, 9.17) is 0 Å². The van der Waals surface area contributed by atoms with Gasteiger partial charge >= 0.3 is 0 Å². The van der Waals surface area contributed by atoms with Gasteiger partial charge in [0, 0.05) is 28.7 Å². The highest BCUT2D eigenvalue weighted by Gasteiger charge is 2.13. The highest BCUT2D eigenvalue weighted by atomic mass is 32.2. The second kappa shape index (κ2) is 7.80. The zero-order chi connectivity index (χ0) is 19.4. The molecule has 27 heavy (non-hydrogen) atoms. The van der Waals surface area contributed by atoms with Crippen molar-refractivity contribution in [3.8, 4) is 11.3 Å². The number of aromatic nitrogens is 2. The average molecular weight is 380 g/mol. The molecule has 0 unspecified atom stereocenters. The summed E-state index contributed by atoms with van der Waals surface area (Å²) in [5.74, 6) is 0.0172.